The quantitative estimate of drug-likeness (QED) is 0.857. The standard InChI is InChI=1S/C19H18O3/c1-21-16-9-5-10-17(13-16)22-19-12-15(20)8-4-7-14-6-2-3-11-18(14)19/h2-3,5-6,9-13H,4,7-8H2,1H3/b19-12+. The van der Waals surface area contributed by atoms with Gasteiger partial charge in [-0.25, -0.2) is 0 Å². The molecule has 2 aromatic rings. The van der Waals surface area contributed by atoms with Gasteiger partial charge in [0.15, 0.2) is 5.78 Å². The molecule has 0 saturated heterocycles. The van der Waals surface area contributed by atoms with Crippen molar-refractivity contribution in [3.63, 3.8) is 0 Å². The van der Waals surface area contributed by atoms with E-state index < -0.39 is 0 Å². The summed E-state index contributed by atoms with van der Waals surface area (Å²) in [7, 11) is 1.62. The van der Waals surface area contributed by atoms with Gasteiger partial charge in [-0.15, -0.1) is 0 Å². The molecule has 0 N–H and O–H groups in total. The van der Waals surface area contributed by atoms with Crippen LogP contribution in [0.2, 0.25) is 0 Å². The van der Waals surface area contributed by atoms with Crippen LogP contribution < -0.4 is 9.47 Å². The highest BCUT2D eigenvalue weighted by Gasteiger charge is 2.15. The lowest BCUT2D eigenvalue weighted by atomic mass is 9.96. The molecule has 0 amide bonds. The third kappa shape index (κ3) is 3.19. The lowest BCUT2D eigenvalue weighted by Crippen LogP contribution is -2.07. The van der Waals surface area contributed by atoms with Crippen molar-refractivity contribution in [1.29, 1.82) is 0 Å². The molecule has 3 nitrogen and oxygen atoms in total. The van der Waals surface area contributed by atoms with Crippen LogP contribution in [0.15, 0.2) is 54.6 Å². The SMILES string of the molecule is COc1cccc(O/C2=C/C(=O)CCCc3ccccc32)c1. The second-order valence-electron chi connectivity index (χ2n) is 5.27. The van der Waals surface area contributed by atoms with E-state index in [-0.39, 0.29) is 5.78 Å². The molecule has 3 rings (SSSR count). The number of ketones is 1. The number of fused-ring (bicyclic) bond motifs is 1. The molecule has 112 valence electrons. The number of hydrogen-bond acceptors (Lipinski definition) is 3. The summed E-state index contributed by atoms with van der Waals surface area (Å²) in [6, 6.07) is 15.5. The Labute approximate surface area is 130 Å². The molecule has 0 bridgehead atoms. The van der Waals surface area contributed by atoms with Gasteiger partial charge in [0.25, 0.3) is 0 Å². The molecule has 1 aliphatic carbocycles. The predicted molar refractivity (Wildman–Crippen MR) is 86.0 cm³/mol. The van der Waals surface area contributed by atoms with Crippen molar-refractivity contribution in [3.05, 3.63) is 65.7 Å². The van der Waals surface area contributed by atoms with Crippen LogP contribution in [0.3, 0.4) is 0 Å². The van der Waals surface area contributed by atoms with Gasteiger partial charge in [-0.1, -0.05) is 30.3 Å². The molecule has 3 heteroatoms. The highest BCUT2D eigenvalue weighted by atomic mass is 16.5. The molecule has 0 aliphatic heterocycles. The first-order valence-corrected chi connectivity index (χ1v) is 7.41. The summed E-state index contributed by atoms with van der Waals surface area (Å²) in [6.07, 6.45) is 3.93. The molecule has 22 heavy (non-hydrogen) atoms. The fourth-order valence-electron chi connectivity index (χ4n) is 2.60. The van der Waals surface area contributed by atoms with E-state index in [0.717, 1.165) is 24.2 Å². The Morgan fingerprint density at radius 1 is 0.955 bits per heavy atom. The van der Waals surface area contributed by atoms with Gasteiger partial charge in [-0.05, 0) is 30.5 Å². The summed E-state index contributed by atoms with van der Waals surface area (Å²) in [5, 5.41) is 0. The van der Waals surface area contributed by atoms with E-state index in [1.807, 2.05) is 42.5 Å². The summed E-state index contributed by atoms with van der Waals surface area (Å²) >= 11 is 0. The largest absolute Gasteiger partial charge is 0.497 e. The molecule has 0 saturated carbocycles. The zero-order chi connectivity index (χ0) is 15.4. The lowest BCUT2D eigenvalue weighted by Gasteiger charge is -2.16. The minimum Gasteiger partial charge on any atom is -0.497 e. The summed E-state index contributed by atoms with van der Waals surface area (Å²) in [6.45, 7) is 0. The number of carbonyl (C=O) groups excluding carboxylic acids is 1. The first-order valence-electron chi connectivity index (χ1n) is 7.41. The summed E-state index contributed by atoms with van der Waals surface area (Å²) < 4.78 is 11.2. The van der Waals surface area contributed by atoms with Crippen molar-refractivity contribution in [1.82, 2.24) is 0 Å². The number of benzene rings is 2. The maximum Gasteiger partial charge on any atom is 0.159 e. The van der Waals surface area contributed by atoms with Crippen LogP contribution in [0.25, 0.3) is 5.76 Å². The fourth-order valence-corrected chi connectivity index (χ4v) is 2.60. The van der Waals surface area contributed by atoms with Crippen LogP contribution in [0.5, 0.6) is 11.5 Å². The average molecular weight is 294 g/mol. The number of ether oxygens (including phenoxy) is 2. The van der Waals surface area contributed by atoms with Crippen molar-refractivity contribution in [3.8, 4) is 11.5 Å². The fraction of sp³-hybridized carbons (Fsp3) is 0.211. The van der Waals surface area contributed by atoms with Crippen molar-refractivity contribution < 1.29 is 14.3 Å². The Kier molecular flexibility index (Phi) is 4.24. The molecule has 0 aromatic heterocycles. The zero-order valence-electron chi connectivity index (χ0n) is 12.5. The lowest BCUT2D eigenvalue weighted by molar-refractivity contribution is -0.114. The Balaban J connectivity index is 1.98. The topological polar surface area (TPSA) is 35.5 Å². The third-order valence-electron chi connectivity index (χ3n) is 3.71. The van der Waals surface area contributed by atoms with Gasteiger partial charge >= 0.3 is 0 Å². The van der Waals surface area contributed by atoms with Crippen LogP contribution in [-0.2, 0) is 11.2 Å². The van der Waals surface area contributed by atoms with Gasteiger partial charge in [-0.2, -0.15) is 0 Å². The van der Waals surface area contributed by atoms with E-state index in [1.54, 1.807) is 13.2 Å². The molecule has 0 unspecified atom stereocenters. The highest BCUT2D eigenvalue weighted by molar-refractivity contribution is 5.96. The Hall–Kier alpha value is -2.55. The first kappa shape index (κ1) is 14.4. The van der Waals surface area contributed by atoms with E-state index in [4.69, 9.17) is 9.47 Å². The predicted octanol–water partition coefficient (Wildman–Crippen LogP) is 4.02. The number of rotatable bonds is 3. The van der Waals surface area contributed by atoms with Crippen molar-refractivity contribution >= 4 is 11.5 Å². The smallest absolute Gasteiger partial charge is 0.159 e. The number of carbonyl (C=O) groups is 1. The summed E-state index contributed by atoms with van der Waals surface area (Å²) in [5.41, 5.74) is 2.20. The molecule has 0 heterocycles. The maximum atomic E-state index is 12.0. The number of allylic oxidation sites excluding steroid dienone is 1. The normalized spacial score (nSPS) is 16.8. The molecule has 0 radical (unpaired) electrons. The van der Waals surface area contributed by atoms with Crippen LogP contribution >= 0.6 is 0 Å². The van der Waals surface area contributed by atoms with Crippen LogP contribution in [0, 0.1) is 0 Å². The maximum absolute atomic E-state index is 12.0. The van der Waals surface area contributed by atoms with Gasteiger partial charge in [0.1, 0.15) is 17.3 Å². The van der Waals surface area contributed by atoms with Crippen LogP contribution in [0.1, 0.15) is 24.0 Å². The van der Waals surface area contributed by atoms with E-state index in [9.17, 15) is 4.79 Å². The number of aryl methyl sites for hydroxylation is 1. The molecule has 2 aromatic carbocycles. The van der Waals surface area contributed by atoms with Crippen LogP contribution in [0.4, 0.5) is 0 Å². The summed E-state index contributed by atoms with van der Waals surface area (Å²) in [5.74, 6) is 2.10. The Morgan fingerprint density at radius 3 is 2.64 bits per heavy atom. The summed E-state index contributed by atoms with van der Waals surface area (Å²) in [4.78, 5) is 12.0. The number of hydrogen-bond donors (Lipinski definition) is 0. The highest BCUT2D eigenvalue weighted by Crippen LogP contribution is 2.28. The first-order chi connectivity index (χ1) is 10.8. The molecule has 0 fully saturated rings. The van der Waals surface area contributed by atoms with Gasteiger partial charge in [0, 0.05) is 24.1 Å². The van der Waals surface area contributed by atoms with Gasteiger partial charge in [0.2, 0.25) is 0 Å². The van der Waals surface area contributed by atoms with E-state index in [2.05, 4.69) is 6.07 Å². The van der Waals surface area contributed by atoms with E-state index in [1.165, 1.54) is 5.56 Å². The molecular weight excluding hydrogens is 276 g/mol. The zero-order valence-corrected chi connectivity index (χ0v) is 12.5. The average Bonchev–Trinajstić information content (AvgIpc) is 2.53. The second-order valence-corrected chi connectivity index (χ2v) is 5.27. The minimum absolute atomic E-state index is 0.104. The van der Waals surface area contributed by atoms with E-state index in [0.29, 0.717) is 17.9 Å². The molecule has 1 aliphatic rings. The number of methoxy groups -OCH3 is 1. The minimum atomic E-state index is 0.104. The van der Waals surface area contributed by atoms with Gasteiger partial charge in [0.05, 0.1) is 7.11 Å². The Morgan fingerprint density at radius 2 is 1.77 bits per heavy atom. The molecule has 0 spiro atoms. The van der Waals surface area contributed by atoms with E-state index >= 15 is 0 Å². The van der Waals surface area contributed by atoms with Gasteiger partial charge in [-0.3, -0.25) is 4.79 Å². The monoisotopic (exact) mass is 294 g/mol. The van der Waals surface area contributed by atoms with Gasteiger partial charge < -0.3 is 9.47 Å². The van der Waals surface area contributed by atoms with Crippen molar-refractivity contribution in [2.75, 3.05) is 7.11 Å². The second kappa shape index (κ2) is 6.48. The van der Waals surface area contributed by atoms with Crippen molar-refractivity contribution in [2.45, 2.75) is 19.3 Å². The van der Waals surface area contributed by atoms with Crippen LogP contribution in [-0.4, -0.2) is 12.9 Å². The van der Waals surface area contributed by atoms with Crippen molar-refractivity contribution in [2.24, 2.45) is 0 Å². The molecular formula is C19H18O3. The molecule has 0 atom stereocenters. The Bertz CT molecular complexity index is 716. The third-order valence-corrected chi connectivity index (χ3v) is 3.71.